The van der Waals surface area contributed by atoms with E-state index < -0.39 is 0 Å². The number of anilines is 1. The van der Waals surface area contributed by atoms with Gasteiger partial charge in [-0.1, -0.05) is 37.6 Å². The van der Waals surface area contributed by atoms with E-state index in [1.54, 1.807) is 0 Å². The van der Waals surface area contributed by atoms with E-state index in [1.807, 2.05) is 24.3 Å². The summed E-state index contributed by atoms with van der Waals surface area (Å²) >= 11 is 7.36. The van der Waals surface area contributed by atoms with Crippen molar-refractivity contribution < 1.29 is 4.79 Å². The summed E-state index contributed by atoms with van der Waals surface area (Å²) in [7, 11) is 0. The van der Waals surface area contributed by atoms with Crippen LogP contribution in [0.1, 0.15) is 45.0 Å². The maximum absolute atomic E-state index is 12.6. The zero-order chi connectivity index (χ0) is 19.4. The average molecular weight is 407 g/mol. The second-order valence-corrected chi connectivity index (χ2v) is 8.79. The van der Waals surface area contributed by atoms with Gasteiger partial charge in [0, 0.05) is 42.1 Å². The van der Waals surface area contributed by atoms with Gasteiger partial charge in [-0.15, -0.1) is 0 Å². The van der Waals surface area contributed by atoms with Crippen LogP contribution in [-0.4, -0.2) is 34.4 Å². The molecule has 0 aliphatic carbocycles. The van der Waals surface area contributed by atoms with Crippen LogP contribution < -0.4 is 10.2 Å². The number of amides is 1. The first-order valence-electron chi connectivity index (χ1n) is 9.54. The molecule has 2 aromatic rings. The summed E-state index contributed by atoms with van der Waals surface area (Å²) in [5.74, 6) is 1.43. The van der Waals surface area contributed by atoms with Gasteiger partial charge in [0.15, 0.2) is 0 Å². The van der Waals surface area contributed by atoms with Crippen molar-refractivity contribution in [3.05, 3.63) is 40.7 Å². The molecule has 1 saturated heterocycles. The maximum Gasteiger partial charge on any atom is 0.225 e. The zero-order valence-electron chi connectivity index (χ0n) is 16.1. The van der Waals surface area contributed by atoms with E-state index in [-0.39, 0.29) is 17.9 Å². The summed E-state index contributed by atoms with van der Waals surface area (Å²) in [5, 5.41) is 4.80. The lowest BCUT2D eigenvalue weighted by molar-refractivity contribution is -0.126. The highest BCUT2D eigenvalue weighted by atomic mass is 35.5. The monoisotopic (exact) mass is 406 g/mol. The highest BCUT2D eigenvalue weighted by molar-refractivity contribution is 7.09. The van der Waals surface area contributed by atoms with Gasteiger partial charge in [-0.3, -0.25) is 4.79 Å². The van der Waals surface area contributed by atoms with Crippen LogP contribution in [0.3, 0.4) is 0 Å². The normalized spacial score (nSPS) is 18.6. The lowest BCUT2D eigenvalue weighted by Crippen LogP contribution is -2.46. The quantitative estimate of drug-likeness (QED) is 0.782. The van der Waals surface area contributed by atoms with E-state index in [4.69, 9.17) is 16.6 Å². The third-order valence-electron chi connectivity index (χ3n) is 5.17. The van der Waals surface area contributed by atoms with E-state index in [0.29, 0.717) is 18.9 Å². The molecule has 7 heteroatoms. The molecular weight excluding hydrogens is 380 g/mol. The Balaban J connectivity index is 1.60. The predicted molar refractivity (Wildman–Crippen MR) is 112 cm³/mol. The lowest BCUT2D eigenvalue weighted by Gasteiger charge is -2.32. The molecule has 1 aromatic carbocycles. The molecule has 1 fully saturated rings. The molecule has 3 rings (SSSR count). The van der Waals surface area contributed by atoms with Crippen molar-refractivity contribution in [2.24, 2.45) is 11.8 Å². The largest absolute Gasteiger partial charge is 0.353 e. The van der Waals surface area contributed by atoms with Gasteiger partial charge in [0.1, 0.15) is 5.82 Å². The highest BCUT2D eigenvalue weighted by Crippen LogP contribution is 2.26. The Kier molecular flexibility index (Phi) is 6.71. The van der Waals surface area contributed by atoms with E-state index in [0.717, 1.165) is 40.9 Å². The molecule has 1 N–H and O–H groups in total. The number of halogens is 1. The van der Waals surface area contributed by atoms with Crippen LogP contribution in [0.5, 0.6) is 0 Å². The van der Waals surface area contributed by atoms with Gasteiger partial charge >= 0.3 is 0 Å². The molecule has 0 saturated carbocycles. The first-order chi connectivity index (χ1) is 12.9. The van der Waals surface area contributed by atoms with Gasteiger partial charge in [-0.05, 0) is 43.4 Å². The molecule has 5 nitrogen and oxygen atoms in total. The smallest absolute Gasteiger partial charge is 0.225 e. The molecule has 1 aliphatic heterocycles. The number of hydrogen-bond acceptors (Lipinski definition) is 5. The predicted octanol–water partition coefficient (Wildman–Crippen LogP) is 4.16. The Bertz CT molecular complexity index is 762. The molecule has 27 heavy (non-hydrogen) atoms. The van der Waals surface area contributed by atoms with Crippen molar-refractivity contribution in [2.75, 3.05) is 18.0 Å². The minimum atomic E-state index is 0.0172. The summed E-state index contributed by atoms with van der Waals surface area (Å²) in [6, 6.07) is 7.97. The maximum atomic E-state index is 12.6. The number of aromatic nitrogens is 2. The molecule has 2 unspecified atom stereocenters. The van der Waals surface area contributed by atoms with Crippen LogP contribution >= 0.6 is 23.1 Å². The minimum absolute atomic E-state index is 0.0172. The fourth-order valence-corrected chi connectivity index (χ4v) is 3.95. The molecule has 1 amide bonds. The zero-order valence-corrected chi connectivity index (χ0v) is 17.7. The molecule has 1 aliphatic rings. The fourth-order valence-electron chi connectivity index (χ4n) is 3.10. The Morgan fingerprint density at radius 1 is 1.33 bits per heavy atom. The number of carbonyl (C=O) groups excluding carboxylic acids is 1. The number of nitrogens with zero attached hydrogens (tertiary/aromatic N) is 3. The summed E-state index contributed by atoms with van der Waals surface area (Å²) in [6.07, 6.45) is 2.63. The van der Waals surface area contributed by atoms with Gasteiger partial charge in [0.2, 0.25) is 11.0 Å². The van der Waals surface area contributed by atoms with Crippen molar-refractivity contribution in [3.8, 4) is 0 Å². The topological polar surface area (TPSA) is 58.1 Å². The lowest BCUT2D eigenvalue weighted by atomic mass is 9.96. The van der Waals surface area contributed by atoms with Crippen molar-refractivity contribution in [3.63, 3.8) is 0 Å². The number of piperidine rings is 1. The van der Waals surface area contributed by atoms with E-state index >= 15 is 0 Å². The molecule has 0 spiro atoms. The standard InChI is InChI=1S/C20H27ClN4OS/c1-13(2)14(3)22-19(26)16-5-4-10-25(12-16)20-23-18(24-27-20)11-15-6-8-17(21)9-7-15/h6-9,13-14,16H,4-5,10-12H2,1-3H3,(H,22,26). The number of hydrogen-bond donors (Lipinski definition) is 1. The van der Waals surface area contributed by atoms with Gasteiger partial charge in [-0.2, -0.15) is 4.37 Å². The number of nitrogens with one attached hydrogen (secondary N) is 1. The number of benzene rings is 1. The Labute approximate surface area is 170 Å². The van der Waals surface area contributed by atoms with Crippen molar-refractivity contribution in [1.82, 2.24) is 14.7 Å². The van der Waals surface area contributed by atoms with Crippen molar-refractivity contribution >= 4 is 34.2 Å². The molecular formula is C20H27ClN4OS. The van der Waals surface area contributed by atoms with Gasteiger partial charge in [0.25, 0.3) is 0 Å². The molecule has 2 atom stereocenters. The number of carbonyl (C=O) groups is 1. The molecule has 2 heterocycles. The van der Waals surface area contributed by atoms with E-state index in [2.05, 4.69) is 35.4 Å². The average Bonchev–Trinajstić information content (AvgIpc) is 3.12. The summed E-state index contributed by atoms with van der Waals surface area (Å²) in [4.78, 5) is 19.5. The first kappa shape index (κ1) is 20.1. The van der Waals surface area contributed by atoms with Crippen molar-refractivity contribution in [2.45, 2.75) is 46.1 Å². The van der Waals surface area contributed by atoms with Crippen LogP contribution in [0.25, 0.3) is 0 Å². The van der Waals surface area contributed by atoms with Crippen LogP contribution in [-0.2, 0) is 11.2 Å². The van der Waals surface area contributed by atoms with E-state index in [1.165, 1.54) is 11.5 Å². The molecule has 0 bridgehead atoms. The Morgan fingerprint density at radius 2 is 2.07 bits per heavy atom. The third-order valence-corrected chi connectivity index (χ3v) is 6.23. The number of rotatable bonds is 6. The minimum Gasteiger partial charge on any atom is -0.353 e. The Hall–Kier alpha value is -1.66. The van der Waals surface area contributed by atoms with Crippen LogP contribution in [0.15, 0.2) is 24.3 Å². The van der Waals surface area contributed by atoms with Gasteiger partial charge < -0.3 is 10.2 Å². The highest BCUT2D eigenvalue weighted by Gasteiger charge is 2.28. The third kappa shape index (κ3) is 5.42. The summed E-state index contributed by atoms with van der Waals surface area (Å²) in [5.41, 5.74) is 1.14. The summed E-state index contributed by atoms with van der Waals surface area (Å²) in [6.45, 7) is 7.96. The summed E-state index contributed by atoms with van der Waals surface area (Å²) < 4.78 is 4.51. The SMILES string of the molecule is CC(C)C(C)NC(=O)C1CCCN(c2nc(Cc3ccc(Cl)cc3)ns2)C1. The van der Waals surface area contributed by atoms with Gasteiger partial charge in [0.05, 0.1) is 5.92 Å². The fraction of sp³-hybridized carbons (Fsp3) is 0.550. The molecule has 1 aromatic heterocycles. The first-order valence-corrected chi connectivity index (χ1v) is 10.7. The van der Waals surface area contributed by atoms with Crippen LogP contribution in [0, 0.1) is 11.8 Å². The Morgan fingerprint density at radius 3 is 2.78 bits per heavy atom. The molecule has 146 valence electrons. The second-order valence-electron chi connectivity index (χ2n) is 7.62. The van der Waals surface area contributed by atoms with Crippen molar-refractivity contribution in [1.29, 1.82) is 0 Å². The van der Waals surface area contributed by atoms with E-state index in [9.17, 15) is 4.79 Å². The van der Waals surface area contributed by atoms with Gasteiger partial charge in [-0.25, -0.2) is 4.98 Å². The van der Waals surface area contributed by atoms with Crippen LogP contribution in [0.2, 0.25) is 5.02 Å². The molecule has 0 radical (unpaired) electrons. The second kappa shape index (κ2) is 9.02. The van der Waals surface area contributed by atoms with Crippen LogP contribution in [0.4, 0.5) is 5.13 Å².